The lowest BCUT2D eigenvalue weighted by Crippen LogP contribution is -2.34. The van der Waals surface area contributed by atoms with E-state index in [9.17, 15) is 4.79 Å². The van der Waals surface area contributed by atoms with E-state index in [0.29, 0.717) is 25.6 Å². The third-order valence-electron chi connectivity index (χ3n) is 5.92. The highest BCUT2D eigenvalue weighted by atomic mass is 35.5. The second kappa shape index (κ2) is 8.53. The summed E-state index contributed by atoms with van der Waals surface area (Å²) in [7, 11) is 0. The van der Waals surface area contributed by atoms with Gasteiger partial charge in [-0.25, -0.2) is 9.61 Å². The van der Waals surface area contributed by atoms with E-state index >= 15 is 0 Å². The summed E-state index contributed by atoms with van der Waals surface area (Å²) in [6, 6.07) is 8.08. The molecular weight excluding hydrogens is 434 g/mol. The minimum absolute atomic E-state index is 0.0465. The third-order valence-corrected chi connectivity index (χ3v) is 7.45. The van der Waals surface area contributed by atoms with Gasteiger partial charge in [-0.2, -0.15) is 0 Å². The lowest BCUT2D eigenvalue weighted by molar-refractivity contribution is 0.299. The first-order valence-electron chi connectivity index (χ1n) is 10.3. The van der Waals surface area contributed by atoms with Crippen LogP contribution in [0.3, 0.4) is 0 Å². The fourth-order valence-corrected chi connectivity index (χ4v) is 5.62. The summed E-state index contributed by atoms with van der Waals surface area (Å²) in [4.78, 5) is 19.9. The summed E-state index contributed by atoms with van der Waals surface area (Å²) in [5.41, 5.74) is 3.90. The van der Waals surface area contributed by atoms with Crippen molar-refractivity contribution < 1.29 is 4.63 Å². The van der Waals surface area contributed by atoms with Gasteiger partial charge in [0.25, 0.3) is 5.56 Å². The minimum atomic E-state index is 0.0465. The fraction of sp³-hybridized carbons (Fsp3) is 0.364. The molecule has 0 saturated carbocycles. The molecule has 0 aliphatic heterocycles. The van der Waals surface area contributed by atoms with Crippen molar-refractivity contribution in [1.29, 1.82) is 0 Å². The first-order chi connectivity index (χ1) is 15.1. The highest BCUT2D eigenvalue weighted by Crippen LogP contribution is 2.33. The van der Waals surface area contributed by atoms with Crippen LogP contribution in [0.25, 0.3) is 10.2 Å². The van der Waals surface area contributed by atoms with Crippen molar-refractivity contribution in [2.24, 2.45) is 0 Å². The molecule has 0 bridgehead atoms. The molecule has 3 aromatic heterocycles. The molecule has 0 amide bonds. The van der Waals surface area contributed by atoms with E-state index in [1.165, 1.54) is 10.4 Å². The van der Waals surface area contributed by atoms with Crippen LogP contribution in [0, 0.1) is 6.92 Å². The number of nitrogens with zero attached hydrogens (tertiary/aromatic N) is 4. The molecule has 1 aliphatic carbocycles. The lowest BCUT2D eigenvalue weighted by Gasteiger charge is -2.23. The Morgan fingerprint density at radius 1 is 1.32 bits per heavy atom. The highest BCUT2D eigenvalue weighted by molar-refractivity contribution is 7.18. The van der Waals surface area contributed by atoms with E-state index in [0.717, 1.165) is 51.5 Å². The molecule has 0 unspecified atom stereocenters. The Bertz CT molecular complexity index is 1290. The van der Waals surface area contributed by atoms with Gasteiger partial charge >= 0.3 is 0 Å². The van der Waals surface area contributed by atoms with Gasteiger partial charge in [0.05, 0.1) is 11.7 Å². The first kappa shape index (κ1) is 20.4. The normalized spacial score (nSPS) is 16.0. The van der Waals surface area contributed by atoms with Crippen LogP contribution in [0.15, 0.2) is 40.0 Å². The monoisotopic (exact) mass is 455 g/mol. The number of aryl methyl sites for hydroxylation is 4. The Kier molecular flexibility index (Phi) is 5.60. The fourth-order valence-electron chi connectivity index (χ4n) is 4.13. The summed E-state index contributed by atoms with van der Waals surface area (Å²) in [6.07, 6.45) is 5.09. The van der Waals surface area contributed by atoms with Crippen molar-refractivity contribution in [2.45, 2.75) is 51.7 Å². The summed E-state index contributed by atoms with van der Waals surface area (Å²) in [5.74, 6) is 0. The van der Waals surface area contributed by atoms with Crippen molar-refractivity contribution in [3.05, 3.63) is 73.4 Å². The second-order valence-corrected chi connectivity index (χ2v) is 9.38. The quantitative estimate of drug-likeness (QED) is 0.477. The molecule has 1 atom stereocenters. The molecule has 5 rings (SSSR count). The topological polar surface area (TPSA) is 85.8 Å². The molecule has 3 heterocycles. The number of nitrogens with one attached hydrogen (secondary N) is 1. The van der Waals surface area contributed by atoms with Crippen molar-refractivity contribution in [2.75, 3.05) is 0 Å². The Labute approximate surface area is 188 Å². The zero-order valence-electron chi connectivity index (χ0n) is 17.1. The zero-order valence-corrected chi connectivity index (χ0v) is 18.7. The van der Waals surface area contributed by atoms with E-state index in [2.05, 4.69) is 20.6 Å². The SMILES string of the molecule is Cc1nonc1CN[C@H]1CCc2c(sc3ncn(CCc4ccccc4Cl)c(=O)c23)C1. The van der Waals surface area contributed by atoms with E-state index in [1.807, 2.05) is 31.2 Å². The van der Waals surface area contributed by atoms with Gasteiger partial charge in [-0.3, -0.25) is 9.36 Å². The Hall–Kier alpha value is -2.55. The number of aromatic nitrogens is 4. The number of halogens is 1. The van der Waals surface area contributed by atoms with E-state index in [-0.39, 0.29) is 5.56 Å². The lowest BCUT2D eigenvalue weighted by atomic mass is 9.93. The molecule has 31 heavy (non-hydrogen) atoms. The van der Waals surface area contributed by atoms with Gasteiger partial charge in [-0.1, -0.05) is 40.1 Å². The predicted molar refractivity (Wildman–Crippen MR) is 121 cm³/mol. The number of fused-ring (bicyclic) bond motifs is 3. The molecule has 0 saturated heterocycles. The molecule has 1 aromatic carbocycles. The molecule has 160 valence electrons. The molecule has 9 heteroatoms. The van der Waals surface area contributed by atoms with Crippen molar-refractivity contribution in [3.63, 3.8) is 0 Å². The predicted octanol–water partition coefficient (Wildman–Crippen LogP) is 3.69. The molecule has 0 radical (unpaired) electrons. The second-order valence-electron chi connectivity index (χ2n) is 7.89. The van der Waals surface area contributed by atoms with Crippen LogP contribution in [-0.2, 0) is 32.4 Å². The van der Waals surface area contributed by atoms with E-state index < -0.39 is 0 Å². The van der Waals surface area contributed by atoms with Crippen molar-refractivity contribution >= 4 is 33.2 Å². The van der Waals surface area contributed by atoms with E-state index in [4.69, 9.17) is 16.2 Å². The summed E-state index contributed by atoms with van der Waals surface area (Å²) >= 11 is 7.90. The molecule has 0 fully saturated rings. The standard InChI is InChI=1S/C22H22ClN5O2S/c1-13-18(27-30-26-13)11-24-15-6-7-16-19(10-15)31-21-20(16)22(29)28(12-25-21)9-8-14-4-2-3-5-17(14)23/h2-5,12,15,24H,6-11H2,1H3/t15-/m0/s1. The number of hydrogen-bond acceptors (Lipinski definition) is 7. The molecule has 4 aromatic rings. The summed E-state index contributed by atoms with van der Waals surface area (Å²) in [6.45, 7) is 3.08. The van der Waals surface area contributed by atoms with Crippen LogP contribution in [0.2, 0.25) is 5.02 Å². The average Bonchev–Trinajstić information content (AvgIpc) is 3.35. The average molecular weight is 456 g/mol. The maximum atomic E-state index is 13.2. The van der Waals surface area contributed by atoms with Crippen molar-refractivity contribution in [1.82, 2.24) is 25.2 Å². The number of hydrogen-bond donors (Lipinski definition) is 1. The first-order valence-corrected chi connectivity index (χ1v) is 11.5. The van der Waals surface area contributed by atoms with Gasteiger partial charge in [-0.05, 0) is 49.8 Å². The number of thiophene rings is 1. The largest absolute Gasteiger partial charge is 0.308 e. The van der Waals surface area contributed by atoms with Gasteiger partial charge in [0, 0.05) is 29.0 Å². The Morgan fingerprint density at radius 3 is 3.00 bits per heavy atom. The van der Waals surface area contributed by atoms with Crippen LogP contribution in [0.1, 0.15) is 33.8 Å². The van der Waals surface area contributed by atoms with Gasteiger partial charge in [-0.15, -0.1) is 11.3 Å². The maximum absolute atomic E-state index is 13.2. The number of rotatable bonds is 6. The maximum Gasteiger partial charge on any atom is 0.262 e. The number of benzene rings is 1. The molecule has 7 nitrogen and oxygen atoms in total. The zero-order chi connectivity index (χ0) is 21.4. The molecule has 1 N–H and O–H groups in total. The van der Waals surface area contributed by atoms with Crippen LogP contribution in [0.5, 0.6) is 0 Å². The van der Waals surface area contributed by atoms with Crippen LogP contribution < -0.4 is 10.9 Å². The van der Waals surface area contributed by atoms with Gasteiger partial charge in [0.15, 0.2) is 0 Å². The van der Waals surface area contributed by atoms with Crippen LogP contribution in [-0.4, -0.2) is 25.9 Å². The third kappa shape index (κ3) is 4.03. The molecule has 0 spiro atoms. The van der Waals surface area contributed by atoms with Gasteiger partial charge in [0.2, 0.25) is 0 Å². The molecule has 1 aliphatic rings. The minimum Gasteiger partial charge on any atom is -0.308 e. The van der Waals surface area contributed by atoms with Gasteiger partial charge in [0.1, 0.15) is 16.2 Å². The Balaban J connectivity index is 1.34. The Morgan fingerprint density at radius 2 is 2.19 bits per heavy atom. The van der Waals surface area contributed by atoms with Crippen molar-refractivity contribution in [3.8, 4) is 0 Å². The van der Waals surface area contributed by atoms with Crippen LogP contribution >= 0.6 is 22.9 Å². The smallest absolute Gasteiger partial charge is 0.262 e. The van der Waals surface area contributed by atoms with E-state index in [1.54, 1.807) is 22.2 Å². The molecular formula is C22H22ClN5O2S. The van der Waals surface area contributed by atoms with Gasteiger partial charge < -0.3 is 5.32 Å². The highest BCUT2D eigenvalue weighted by Gasteiger charge is 2.25. The summed E-state index contributed by atoms with van der Waals surface area (Å²) < 4.78 is 6.48. The van der Waals surface area contributed by atoms with Crippen LogP contribution in [0.4, 0.5) is 0 Å². The summed E-state index contributed by atoms with van der Waals surface area (Å²) in [5, 5.41) is 12.8.